The van der Waals surface area contributed by atoms with Crippen LogP contribution in [0.5, 0.6) is 0 Å². The van der Waals surface area contributed by atoms with Crippen LogP contribution >= 0.6 is 11.8 Å². The first kappa shape index (κ1) is 23.7. The van der Waals surface area contributed by atoms with Gasteiger partial charge in [0, 0.05) is 40.4 Å². The molecule has 170 valence electrons. The number of hydrogen-bond acceptors (Lipinski definition) is 6. The van der Waals surface area contributed by atoms with Crippen molar-refractivity contribution in [3.05, 3.63) is 63.5 Å². The number of amides is 1. The van der Waals surface area contributed by atoms with E-state index in [1.165, 1.54) is 30.1 Å². The first-order valence-electron chi connectivity index (χ1n) is 10.4. The average Bonchev–Trinajstić information content (AvgIpc) is 2.73. The molecule has 0 saturated heterocycles. The third-order valence-electron chi connectivity index (χ3n) is 5.63. The Balaban J connectivity index is 1.63. The molecule has 1 aliphatic rings. The van der Waals surface area contributed by atoms with Gasteiger partial charge in [0.15, 0.2) is 0 Å². The quantitative estimate of drug-likeness (QED) is 0.270. The van der Waals surface area contributed by atoms with E-state index in [0.717, 1.165) is 29.1 Å². The van der Waals surface area contributed by atoms with Crippen molar-refractivity contribution in [2.75, 3.05) is 17.2 Å². The van der Waals surface area contributed by atoms with Crippen LogP contribution in [0.2, 0.25) is 0 Å². The van der Waals surface area contributed by atoms with Crippen LogP contribution in [0.3, 0.4) is 0 Å². The van der Waals surface area contributed by atoms with Crippen LogP contribution in [-0.4, -0.2) is 34.9 Å². The summed E-state index contributed by atoms with van der Waals surface area (Å²) in [7, 11) is 0. The molecular formula is C23H27FN4O3S. The molecule has 0 bridgehead atoms. The van der Waals surface area contributed by atoms with Gasteiger partial charge in [-0.25, -0.2) is 9.82 Å². The number of hydrogen-bond donors (Lipinski definition) is 1. The molecule has 0 aromatic heterocycles. The van der Waals surface area contributed by atoms with E-state index in [0.29, 0.717) is 5.56 Å². The van der Waals surface area contributed by atoms with Gasteiger partial charge in [0.05, 0.1) is 16.9 Å². The summed E-state index contributed by atoms with van der Waals surface area (Å²) >= 11 is 1.23. The number of hydrazone groups is 1. The Morgan fingerprint density at radius 1 is 1.38 bits per heavy atom. The monoisotopic (exact) mass is 458 g/mol. The molecule has 1 atom stereocenters. The number of halogens is 1. The molecular weight excluding hydrogens is 431 g/mol. The van der Waals surface area contributed by atoms with E-state index in [4.69, 9.17) is 0 Å². The molecule has 1 aliphatic heterocycles. The van der Waals surface area contributed by atoms with Gasteiger partial charge in [-0.1, -0.05) is 6.92 Å². The number of fused-ring (bicyclic) bond motifs is 1. The highest BCUT2D eigenvalue weighted by atomic mass is 32.2. The Labute approximate surface area is 191 Å². The Morgan fingerprint density at radius 2 is 2.06 bits per heavy atom. The van der Waals surface area contributed by atoms with Gasteiger partial charge in [0.1, 0.15) is 5.82 Å². The minimum atomic E-state index is -0.475. The lowest BCUT2D eigenvalue weighted by molar-refractivity contribution is -0.384. The Kier molecular flexibility index (Phi) is 7.18. The van der Waals surface area contributed by atoms with Gasteiger partial charge in [-0.2, -0.15) is 5.10 Å². The van der Waals surface area contributed by atoms with Gasteiger partial charge in [0.25, 0.3) is 5.69 Å². The van der Waals surface area contributed by atoms with Crippen molar-refractivity contribution in [3.8, 4) is 0 Å². The van der Waals surface area contributed by atoms with E-state index in [2.05, 4.69) is 43.1 Å². The largest absolute Gasteiger partial charge is 0.366 e. The second kappa shape index (κ2) is 9.68. The fourth-order valence-corrected chi connectivity index (χ4v) is 4.93. The number of nitrogens with one attached hydrogen (secondary N) is 1. The fourth-order valence-electron chi connectivity index (χ4n) is 4.24. The minimum Gasteiger partial charge on any atom is -0.366 e. The highest BCUT2D eigenvalue weighted by Gasteiger charge is 2.36. The molecule has 0 radical (unpaired) electrons. The van der Waals surface area contributed by atoms with Crippen molar-refractivity contribution >= 4 is 35.3 Å². The summed E-state index contributed by atoms with van der Waals surface area (Å²) < 4.78 is 14.8. The first-order valence-corrected chi connectivity index (χ1v) is 11.4. The van der Waals surface area contributed by atoms with E-state index in [-0.39, 0.29) is 34.6 Å². The highest BCUT2D eigenvalue weighted by molar-refractivity contribution is 8.00. The van der Waals surface area contributed by atoms with Crippen LogP contribution in [0.4, 0.5) is 15.8 Å². The number of nitrogens with zero attached hydrogens (tertiary/aromatic N) is 3. The summed E-state index contributed by atoms with van der Waals surface area (Å²) in [5.74, 6) is -0.372. The lowest BCUT2D eigenvalue weighted by Gasteiger charge is -2.47. The molecule has 1 heterocycles. The second-order valence-electron chi connectivity index (χ2n) is 8.43. The number of nitro groups is 1. The third kappa shape index (κ3) is 5.27. The number of rotatable bonds is 7. The van der Waals surface area contributed by atoms with E-state index in [9.17, 15) is 19.3 Å². The maximum Gasteiger partial charge on any atom is 0.269 e. The average molecular weight is 459 g/mol. The fraction of sp³-hybridized carbons (Fsp3) is 0.391. The van der Waals surface area contributed by atoms with Gasteiger partial charge in [-0.05, 0) is 62.9 Å². The molecule has 32 heavy (non-hydrogen) atoms. The van der Waals surface area contributed by atoms with Crippen molar-refractivity contribution in [2.45, 2.75) is 50.5 Å². The van der Waals surface area contributed by atoms with E-state index < -0.39 is 4.92 Å². The number of carbonyl (C=O) groups excluding carboxylic acids is 1. The summed E-state index contributed by atoms with van der Waals surface area (Å²) in [4.78, 5) is 25.2. The van der Waals surface area contributed by atoms with Crippen LogP contribution in [0.1, 0.15) is 51.2 Å². The summed E-state index contributed by atoms with van der Waals surface area (Å²) in [6.07, 6.45) is 2.29. The number of thioether (sulfide) groups is 1. The number of nitro benzene ring substituents is 1. The number of non-ortho nitro benzene ring substituents is 1. The van der Waals surface area contributed by atoms with Gasteiger partial charge in [0.2, 0.25) is 5.91 Å². The predicted molar refractivity (Wildman–Crippen MR) is 126 cm³/mol. The molecule has 0 aliphatic carbocycles. The van der Waals surface area contributed by atoms with Crippen LogP contribution < -0.4 is 10.3 Å². The number of benzene rings is 2. The zero-order valence-corrected chi connectivity index (χ0v) is 19.4. The molecule has 1 amide bonds. The number of carbonyl (C=O) groups is 1. The van der Waals surface area contributed by atoms with Crippen molar-refractivity contribution < 1.29 is 14.1 Å². The van der Waals surface area contributed by atoms with E-state index in [1.807, 2.05) is 6.07 Å². The molecule has 3 rings (SSSR count). The molecule has 1 unspecified atom stereocenters. The third-order valence-corrected chi connectivity index (χ3v) is 6.64. The normalized spacial score (nSPS) is 17.3. The second-order valence-corrected chi connectivity index (χ2v) is 9.48. The molecule has 0 fully saturated rings. The predicted octanol–water partition coefficient (Wildman–Crippen LogP) is 5.09. The highest BCUT2D eigenvalue weighted by Crippen LogP contribution is 2.43. The lowest BCUT2D eigenvalue weighted by atomic mass is 9.79. The zero-order chi connectivity index (χ0) is 23.5. The molecule has 1 N–H and O–H groups in total. The standard InChI is InChI=1S/C23H27FN4O3S/c1-5-27-21-11-20(24)16(10-19(21)15(2)12-23(27,3)4)13-25-26-22(29)14-32-18-8-6-17(7-9-18)28(30)31/h6-11,13,15H,5,12,14H2,1-4H3,(H,26,29)/b25-13-. The Morgan fingerprint density at radius 3 is 2.69 bits per heavy atom. The topological polar surface area (TPSA) is 87.8 Å². The van der Waals surface area contributed by atoms with Crippen molar-refractivity contribution in [3.63, 3.8) is 0 Å². The maximum atomic E-state index is 14.8. The SMILES string of the molecule is CCN1c2cc(F)c(/C=N\NC(=O)CSc3ccc([N+](=O)[O-])cc3)cc2C(C)CC1(C)C. The van der Waals surface area contributed by atoms with E-state index >= 15 is 0 Å². The smallest absolute Gasteiger partial charge is 0.269 e. The van der Waals surface area contributed by atoms with E-state index in [1.54, 1.807) is 18.2 Å². The van der Waals surface area contributed by atoms with Crippen LogP contribution in [0.25, 0.3) is 0 Å². The van der Waals surface area contributed by atoms with Crippen molar-refractivity contribution in [2.24, 2.45) is 5.10 Å². The molecule has 7 nitrogen and oxygen atoms in total. The van der Waals surface area contributed by atoms with Gasteiger partial charge >= 0.3 is 0 Å². The van der Waals surface area contributed by atoms with Crippen LogP contribution in [-0.2, 0) is 4.79 Å². The molecule has 2 aromatic carbocycles. The number of anilines is 1. The summed E-state index contributed by atoms with van der Waals surface area (Å²) in [6.45, 7) is 9.35. The molecule has 9 heteroatoms. The molecule has 2 aromatic rings. The first-order chi connectivity index (χ1) is 15.1. The van der Waals surface area contributed by atoms with Gasteiger partial charge < -0.3 is 4.90 Å². The Bertz CT molecular complexity index is 1040. The van der Waals surface area contributed by atoms with Crippen LogP contribution in [0, 0.1) is 15.9 Å². The summed E-state index contributed by atoms with van der Waals surface area (Å²) in [5.41, 5.74) is 4.68. The summed E-state index contributed by atoms with van der Waals surface area (Å²) in [5, 5.41) is 14.6. The molecule has 0 saturated carbocycles. The maximum absolute atomic E-state index is 14.8. The Hall–Kier alpha value is -2.94. The van der Waals surface area contributed by atoms with Gasteiger partial charge in [-0.15, -0.1) is 11.8 Å². The van der Waals surface area contributed by atoms with Crippen molar-refractivity contribution in [1.29, 1.82) is 0 Å². The lowest BCUT2D eigenvalue weighted by Crippen LogP contribution is -2.48. The van der Waals surface area contributed by atoms with Gasteiger partial charge in [-0.3, -0.25) is 14.9 Å². The minimum absolute atomic E-state index is 0.00424. The zero-order valence-electron chi connectivity index (χ0n) is 18.6. The summed E-state index contributed by atoms with van der Waals surface area (Å²) in [6, 6.07) is 9.32. The van der Waals surface area contributed by atoms with Crippen LogP contribution in [0.15, 0.2) is 46.4 Å². The molecule has 0 spiro atoms. The van der Waals surface area contributed by atoms with Crippen molar-refractivity contribution in [1.82, 2.24) is 5.43 Å².